The summed E-state index contributed by atoms with van der Waals surface area (Å²) in [5.74, 6) is -4.94. The number of fused-ring (bicyclic) bond motifs is 3. The van der Waals surface area contributed by atoms with Gasteiger partial charge in [-0.05, 0) is 56.3 Å². The molecule has 11 heteroatoms. The van der Waals surface area contributed by atoms with Gasteiger partial charge in [0.15, 0.2) is 11.4 Å². The number of Topliss-reactive ketones (excluding diaryl/α,β-unsaturated/α-hetero) is 1. The normalized spacial score (nSPS) is 29.2. The summed E-state index contributed by atoms with van der Waals surface area (Å²) in [6.45, 7) is 0. The van der Waals surface area contributed by atoms with Crippen molar-refractivity contribution in [2.24, 2.45) is 17.6 Å². The molecule has 0 fully saturated rings. The maximum atomic E-state index is 14.1. The molecule has 0 saturated carbocycles. The van der Waals surface area contributed by atoms with Gasteiger partial charge in [0.1, 0.15) is 23.4 Å². The molecule has 0 bridgehead atoms. The number of anilines is 1. The number of aliphatic hydroxyl groups is 4. The van der Waals surface area contributed by atoms with Gasteiger partial charge >= 0.3 is 0 Å². The van der Waals surface area contributed by atoms with Crippen LogP contribution in [0.1, 0.15) is 28.3 Å². The lowest BCUT2D eigenvalue weighted by molar-refractivity contribution is -0.144. The van der Waals surface area contributed by atoms with E-state index in [4.69, 9.17) is 5.73 Å². The molecule has 218 valence electrons. The van der Waals surface area contributed by atoms with Crippen LogP contribution in [0.25, 0.3) is 0 Å². The first-order valence-electron chi connectivity index (χ1n) is 13.3. The third-order valence-electron chi connectivity index (χ3n) is 8.71. The zero-order chi connectivity index (χ0) is 30.0. The molecule has 2 aromatic carbocycles. The van der Waals surface area contributed by atoms with Crippen molar-refractivity contribution < 1.29 is 35.1 Å². The van der Waals surface area contributed by atoms with Crippen LogP contribution in [0.3, 0.4) is 0 Å². The van der Waals surface area contributed by atoms with Crippen LogP contribution in [0.4, 0.5) is 5.69 Å². The Morgan fingerprint density at radius 2 is 1.73 bits per heavy atom. The van der Waals surface area contributed by atoms with Gasteiger partial charge in [-0.2, -0.15) is 0 Å². The largest absolute Gasteiger partial charge is 0.510 e. The molecular formula is C30H35N3O7S. The number of ketones is 1. The van der Waals surface area contributed by atoms with E-state index in [2.05, 4.69) is 0 Å². The average molecular weight is 582 g/mol. The third kappa shape index (κ3) is 4.30. The molecule has 2 aromatic rings. The van der Waals surface area contributed by atoms with E-state index < -0.39 is 64.3 Å². The van der Waals surface area contributed by atoms with E-state index in [0.717, 1.165) is 10.6 Å². The molecule has 41 heavy (non-hydrogen) atoms. The van der Waals surface area contributed by atoms with E-state index in [1.807, 2.05) is 49.3 Å². The van der Waals surface area contributed by atoms with Crippen molar-refractivity contribution in [3.05, 3.63) is 76.3 Å². The summed E-state index contributed by atoms with van der Waals surface area (Å²) < 4.78 is 0. The predicted octanol–water partition coefficient (Wildman–Crippen LogP) is 2.31. The van der Waals surface area contributed by atoms with Gasteiger partial charge in [0, 0.05) is 47.8 Å². The van der Waals surface area contributed by atoms with Crippen molar-refractivity contribution >= 4 is 29.1 Å². The van der Waals surface area contributed by atoms with Gasteiger partial charge < -0.3 is 36.2 Å². The molecule has 0 spiro atoms. The Bertz CT molecular complexity index is 1470. The average Bonchev–Trinajstić information content (AvgIpc) is 2.90. The number of benzene rings is 2. The van der Waals surface area contributed by atoms with Crippen LogP contribution < -0.4 is 10.6 Å². The maximum absolute atomic E-state index is 14.1. The van der Waals surface area contributed by atoms with E-state index in [0.29, 0.717) is 11.3 Å². The van der Waals surface area contributed by atoms with Crippen molar-refractivity contribution in [1.29, 1.82) is 0 Å². The van der Waals surface area contributed by atoms with Crippen LogP contribution in [-0.2, 0) is 4.79 Å². The summed E-state index contributed by atoms with van der Waals surface area (Å²) in [6, 6.07) is 11.9. The number of nitrogens with two attached hydrogens (primary N) is 1. The van der Waals surface area contributed by atoms with Crippen molar-refractivity contribution in [2.75, 3.05) is 38.8 Å². The minimum absolute atomic E-state index is 0.0256. The molecule has 6 atom stereocenters. The molecule has 7 N–H and O–H groups in total. The van der Waals surface area contributed by atoms with Crippen LogP contribution in [0.15, 0.2) is 70.0 Å². The SMILES string of the molecule is CN(C)c1ccc(O)c2c1[C@H](CSc1ccccc1)[C@H]1C[C@H]3[C@H](N(C)C)C(O)=C(C(N)=O)C(O)[C@@]3(O)C(O)=C1C2=O. The molecule has 0 saturated heterocycles. The number of carbonyl (C=O) groups is 2. The number of nitrogens with zero attached hydrogens (tertiary/aromatic N) is 2. The van der Waals surface area contributed by atoms with Crippen LogP contribution in [0.5, 0.6) is 5.75 Å². The fourth-order valence-corrected chi connectivity index (χ4v) is 8.02. The number of rotatable bonds is 6. The van der Waals surface area contributed by atoms with Gasteiger partial charge in [-0.3, -0.25) is 14.5 Å². The molecule has 3 aliphatic carbocycles. The number of hydrogen-bond acceptors (Lipinski definition) is 10. The fourth-order valence-electron chi connectivity index (χ4n) is 6.90. The summed E-state index contributed by atoms with van der Waals surface area (Å²) in [4.78, 5) is 30.9. The minimum atomic E-state index is -2.49. The number of allylic oxidation sites excluding steroid dienone is 1. The van der Waals surface area contributed by atoms with Gasteiger partial charge in [-0.25, -0.2) is 0 Å². The van der Waals surface area contributed by atoms with Crippen molar-refractivity contribution in [2.45, 2.75) is 35.0 Å². The fraction of sp³-hybridized carbons (Fsp3) is 0.400. The summed E-state index contributed by atoms with van der Waals surface area (Å²) in [5, 5.41) is 57.1. The topological polar surface area (TPSA) is 168 Å². The van der Waals surface area contributed by atoms with Crippen molar-refractivity contribution in [3.63, 3.8) is 0 Å². The number of carbonyl (C=O) groups excluding carboxylic acids is 2. The molecule has 0 heterocycles. The van der Waals surface area contributed by atoms with Gasteiger partial charge in [0.05, 0.1) is 17.2 Å². The first-order valence-corrected chi connectivity index (χ1v) is 14.3. The van der Waals surface area contributed by atoms with Gasteiger partial charge in [-0.15, -0.1) is 11.8 Å². The van der Waals surface area contributed by atoms with Crippen molar-refractivity contribution in [1.82, 2.24) is 4.90 Å². The Balaban J connectivity index is 1.76. The third-order valence-corrected chi connectivity index (χ3v) is 9.84. The maximum Gasteiger partial charge on any atom is 0.250 e. The number of amides is 1. The van der Waals surface area contributed by atoms with E-state index in [1.54, 1.807) is 36.8 Å². The summed E-state index contributed by atoms with van der Waals surface area (Å²) in [5.41, 5.74) is 3.65. The smallest absolute Gasteiger partial charge is 0.250 e. The molecule has 5 rings (SSSR count). The Hall–Kier alpha value is -3.51. The summed E-state index contributed by atoms with van der Waals surface area (Å²) in [7, 11) is 6.96. The molecule has 0 radical (unpaired) electrons. The summed E-state index contributed by atoms with van der Waals surface area (Å²) >= 11 is 1.56. The Morgan fingerprint density at radius 3 is 2.32 bits per heavy atom. The molecule has 0 aromatic heterocycles. The first-order chi connectivity index (χ1) is 19.3. The molecule has 3 aliphatic rings. The van der Waals surface area contributed by atoms with Crippen molar-refractivity contribution in [3.8, 4) is 5.75 Å². The van der Waals surface area contributed by atoms with Crippen LogP contribution in [-0.4, -0.2) is 93.8 Å². The van der Waals surface area contributed by atoms with Crippen LogP contribution in [0.2, 0.25) is 0 Å². The highest BCUT2D eigenvalue weighted by Gasteiger charge is 2.64. The first kappa shape index (κ1) is 29.0. The number of likely N-dealkylation sites (N-methyl/N-ethyl adjacent to an activating group) is 1. The molecule has 0 aliphatic heterocycles. The monoisotopic (exact) mass is 581 g/mol. The van der Waals surface area contributed by atoms with E-state index in [-0.39, 0.29) is 23.3 Å². The second-order valence-electron chi connectivity index (χ2n) is 11.4. The Kier molecular flexibility index (Phi) is 7.35. The molecular weight excluding hydrogens is 546 g/mol. The van der Waals surface area contributed by atoms with Gasteiger partial charge in [0.2, 0.25) is 0 Å². The number of aromatic hydroxyl groups is 1. The standard InChI is InChI=1S/C30H35N3O7S/c1-32(2)18-10-11-19(34)22-20(18)16(13-41-14-8-6-5-7-9-14)15-12-17-24(33(3)4)26(36)23(29(31)39)28(38)30(17,40)27(37)21(15)25(22)35/h5-11,15-17,24,28,34,36-38,40H,12-13H2,1-4H3,(H2,31,39)/t15-,16-,17+,24+,28?,30+/m1/s1. The quantitative estimate of drug-likeness (QED) is 0.279. The van der Waals surface area contributed by atoms with Gasteiger partial charge in [0.25, 0.3) is 5.91 Å². The van der Waals surface area contributed by atoms with Crippen LogP contribution >= 0.6 is 11.8 Å². The number of thioether (sulfide) groups is 1. The zero-order valence-electron chi connectivity index (χ0n) is 23.3. The molecule has 10 nitrogen and oxygen atoms in total. The number of hydrogen-bond donors (Lipinski definition) is 6. The van der Waals surface area contributed by atoms with E-state index >= 15 is 0 Å². The second kappa shape index (κ2) is 10.4. The zero-order valence-corrected chi connectivity index (χ0v) is 24.1. The van der Waals surface area contributed by atoms with E-state index in [9.17, 15) is 35.1 Å². The second-order valence-corrected chi connectivity index (χ2v) is 12.5. The highest BCUT2D eigenvalue weighted by Crippen LogP contribution is 2.58. The lowest BCUT2D eigenvalue weighted by Crippen LogP contribution is -2.65. The Morgan fingerprint density at radius 1 is 1.07 bits per heavy atom. The van der Waals surface area contributed by atoms with Gasteiger partial charge in [-0.1, -0.05) is 18.2 Å². The van der Waals surface area contributed by atoms with Crippen LogP contribution in [0, 0.1) is 11.8 Å². The number of primary amides is 1. The highest BCUT2D eigenvalue weighted by molar-refractivity contribution is 7.99. The minimum Gasteiger partial charge on any atom is -0.510 e. The summed E-state index contributed by atoms with van der Waals surface area (Å²) in [6.07, 6.45) is -2.00. The lowest BCUT2D eigenvalue weighted by Gasteiger charge is -2.54. The Labute approximate surface area is 242 Å². The molecule has 1 unspecified atom stereocenters. The predicted molar refractivity (Wildman–Crippen MR) is 155 cm³/mol. The molecule has 1 amide bonds. The number of phenols is 1. The number of aliphatic hydroxyl groups excluding tert-OH is 3. The lowest BCUT2D eigenvalue weighted by atomic mass is 9.56. The highest BCUT2D eigenvalue weighted by atomic mass is 32.2. The number of phenolic OH excluding ortho intramolecular Hbond substituents is 1. The van der Waals surface area contributed by atoms with E-state index in [1.165, 1.54) is 6.07 Å².